The first-order valence-electron chi connectivity index (χ1n) is 4.07. The Morgan fingerprint density at radius 3 is 2.86 bits per heavy atom. The van der Waals surface area contributed by atoms with Crippen LogP contribution in [0.4, 0.5) is 15.2 Å². The summed E-state index contributed by atoms with van der Waals surface area (Å²) in [6.07, 6.45) is 0. The number of anilines is 2. The van der Waals surface area contributed by atoms with E-state index in [1.807, 2.05) is 6.92 Å². The normalized spacial score (nSPS) is 10.1. The van der Waals surface area contributed by atoms with Crippen LogP contribution in [0.3, 0.4) is 0 Å². The molecule has 1 aromatic heterocycles. The van der Waals surface area contributed by atoms with Crippen molar-refractivity contribution in [2.75, 3.05) is 5.32 Å². The number of aromatic nitrogens is 2. The Hall–Kier alpha value is -1.49. The van der Waals surface area contributed by atoms with Crippen molar-refractivity contribution in [3.8, 4) is 0 Å². The molecule has 0 amide bonds. The van der Waals surface area contributed by atoms with Crippen molar-refractivity contribution < 1.29 is 4.39 Å². The molecule has 0 aliphatic carbocycles. The minimum absolute atomic E-state index is 0.267. The van der Waals surface area contributed by atoms with E-state index in [4.69, 9.17) is 0 Å². The summed E-state index contributed by atoms with van der Waals surface area (Å²) >= 11 is 1.43. The maximum absolute atomic E-state index is 12.8. The lowest BCUT2D eigenvalue weighted by molar-refractivity contribution is 0.628. The van der Waals surface area contributed by atoms with Crippen molar-refractivity contribution in [3.63, 3.8) is 0 Å². The highest BCUT2D eigenvalue weighted by Crippen LogP contribution is 2.20. The molecule has 1 heterocycles. The Balaban J connectivity index is 2.18. The molecule has 2 aromatic rings. The fourth-order valence-corrected chi connectivity index (χ4v) is 1.65. The van der Waals surface area contributed by atoms with Gasteiger partial charge < -0.3 is 5.32 Å². The van der Waals surface area contributed by atoms with Gasteiger partial charge in [0.2, 0.25) is 5.13 Å². The van der Waals surface area contributed by atoms with E-state index in [1.165, 1.54) is 23.5 Å². The summed E-state index contributed by atoms with van der Waals surface area (Å²) in [6, 6.07) is 6.23. The zero-order valence-corrected chi connectivity index (χ0v) is 8.31. The summed E-state index contributed by atoms with van der Waals surface area (Å²) in [5.41, 5.74) is 0.682. The van der Waals surface area contributed by atoms with Gasteiger partial charge in [-0.25, -0.2) is 4.39 Å². The molecule has 0 aliphatic rings. The molecular formula is C9H8FN3S. The standard InChI is InChI=1S/C9H8FN3S/c1-6-12-13-9(14-6)11-8-4-2-3-7(10)5-8/h2-5H,1H3,(H,11,13). The number of hydrogen-bond donors (Lipinski definition) is 1. The summed E-state index contributed by atoms with van der Waals surface area (Å²) in [4.78, 5) is 0. The van der Waals surface area contributed by atoms with Crippen LogP contribution in [0.25, 0.3) is 0 Å². The fraction of sp³-hybridized carbons (Fsp3) is 0.111. The first-order valence-corrected chi connectivity index (χ1v) is 4.88. The molecule has 5 heteroatoms. The van der Waals surface area contributed by atoms with E-state index in [0.717, 1.165) is 5.01 Å². The molecule has 0 bridgehead atoms. The zero-order valence-electron chi connectivity index (χ0n) is 7.49. The molecule has 0 unspecified atom stereocenters. The average molecular weight is 209 g/mol. The van der Waals surface area contributed by atoms with E-state index in [0.29, 0.717) is 10.8 Å². The van der Waals surface area contributed by atoms with E-state index in [-0.39, 0.29) is 5.82 Å². The average Bonchev–Trinajstić information content (AvgIpc) is 2.51. The third kappa shape index (κ3) is 2.05. The largest absolute Gasteiger partial charge is 0.330 e. The van der Waals surface area contributed by atoms with Crippen LogP contribution in [0.15, 0.2) is 24.3 Å². The zero-order chi connectivity index (χ0) is 9.97. The summed E-state index contributed by atoms with van der Waals surface area (Å²) < 4.78 is 12.8. The highest BCUT2D eigenvalue weighted by Gasteiger charge is 2.00. The van der Waals surface area contributed by atoms with Gasteiger partial charge in [0.15, 0.2) is 0 Å². The Kier molecular flexibility index (Phi) is 2.41. The van der Waals surface area contributed by atoms with Gasteiger partial charge in [-0.1, -0.05) is 17.4 Å². The minimum Gasteiger partial charge on any atom is -0.330 e. The van der Waals surface area contributed by atoms with Gasteiger partial charge in [-0.15, -0.1) is 10.2 Å². The molecule has 14 heavy (non-hydrogen) atoms. The van der Waals surface area contributed by atoms with Gasteiger partial charge in [-0.3, -0.25) is 0 Å². The lowest BCUT2D eigenvalue weighted by Gasteiger charge is -2.00. The Bertz CT molecular complexity index is 441. The van der Waals surface area contributed by atoms with E-state index in [2.05, 4.69) is 15.5 Å². The number of nitrogens with one attached hydrogen (secondary N) is 1. The highest BCUT2D eigenvalue weighted by molar-refractivity contribution is 7.15. The fourth-order valence-electron chi connectivity index (χ4n) is 1.04. The predicted octanol–water partition coefficient (Wildman–Crippen LogP) is 2.73. The van der Waals surface area contributed by atoms with Crippen molar-refractivity contribution in [1.82, 2.24) is 10.2 Å². The number of benzene rings is 1. The van der Waals surface area contributed by atoms with Crippen LogP contribution in [0, 0.1) is 12.7 Å². The molecular weight excluding hydrogens is 201 g/mol. The van der Waals surface area contributed by atoms with Crippen LogP contribution in [-0.2, 0) is 0 Å². The molecule has 0 radical (unpaired) electrons. The monoisotopic (exact) mass is 209 g/mol. The number of rotatable bonds is 2. The molecule has 72 valence electrons. The lowest BCUT2D eigenvalue weighted by Crippen LogP contribution is -1.89. The second-order valence-corrected chi connectivity index (χ2v) is 3.94. The maximum Gasteiger partial charge on any atom is 0.210 e. The van der Waals surface area contributed by atoms with E-state index in [1.54, 1.807) is 12.1 Å². The molecule has 1 aromatic carbocycles. The van der Waals surface area contributed by atoms with E-state index < -0.39 is 0 Å². The number of hydrogen-bond acceptors (Lipinski definition) is 4. The molecule has 3 nitrogen and oxygen atoms in total. The maximum atomic E-state index is 12.8. The summed E-state index contributed by atoms with van der Waals surface area (Å²) in [6.45, 7) is 1.87. The minimum atomic E-state index is -0.267. The Labute approximate surface area is 84.6 Å². The third-order valence-electron chi connectivity index (χ3n) is 1.60. The number of halogens is 1. The molecule has 0 fully saturated rings. The summed E-state index contributed by atoms with van der Waals surface area (Å²) in [5.74, 6) is -0.267. The second kappa shape index (κ2) is 3.71. The Morgan fingerprint density at radius 2 is 2.21 bits per heavy atom. The van der Waals surface area contributed by atoms with Gasteiger partial charge in [-0.05, 0) is 25.1 Å². The summed E-state index contributed by atoms with van der Waals surface area (Å²) in [5, 5.41) is 12.2. The smallest absolute Gasteiger partial charge is 0.210 e. The predicted molar refractivity (Wildman–Crippen MR) is 54.3 cm³/mol. The van der Waals surface area contributed by atoms with Gasteiger partial charge in [0, 0.05) is 5.69 Å². The molecule has 1 N–H and O–H groups in total. The number of aryl methyl sites for hydroxylation is 1. The first-order chi connectivity index (χ1) is 6.74. The second-order valence-electron chi connectivity index (χ2n) is 2.76. The van der Waals surface area contributed by atoms with Crippen LogP contribution >= 0.6 is 11.3 Å². The van der Waals surface area contributed by atoms with Crippen molar-refractivity contribution in [3.05, 3.63) is 35.1 Å². The van der Waals surface area contributed by atoms with Crippen LogP contribution in [0.5, 0.6) is 0 Å². The summed E-state index contributed by atoms with van der Waals surface area (Å²) in [7, 11) is 0. The van der Waals surface area contributed by atoms with Gasteiger partial charge >= 0.3 is 0 Å². The van der Waals surface area contributed by atoms with Gasteiger partial charge in [-0.2, -0.15) is 0 Å². The van der Waals surface area contributed by atoms with Gasteiger partial charge in [0.1, 0.15) is 10.8 Å². The van der Waals surface area contributed by atoms with Crippen LogP contribution in [-0.4, -0.2) is 10.2 Å². The molecule has 2 rings (SSSR count). The van der Waals surface area contributed by atoms with E-state index >= 15 is 0 Å². The molecule has 0 saturated carbocycles. The van der Waals surface area contributed by atoms with Crippen molar-refractivity contribution in [2.45, 2.75) is 6.92 Å². The molecule has 0 atom stereocenters. The van der Waals surface area contributed by atoms with Crippen molar-refractivity contribution >= 4 is 22.2 Å². The number of nitrogens with zero attached hydrogens (tertiary/aromatic N) is 2. The highest BCUT2D eigenvalue weighted by atomic mass is 32.1. The Morgan fingerprint density at radius 1 is 1.36 bits per heavy atom. The van der Waals surface area contributed by atoms with Gasteiger partial charge in [0.05, 0.1) is 0 Å². The lowest BCUT2D eigenvalue weighted by atomic mass is 10.3. The van der Waals surface area contributed by atoms with Crippen molar-refractivity contribution in [1.29, 1.82) is 0 Å². The SMILES string of the molecule is Cc1nnc(Nc2cccc(F)c2)s1. The molecule has 0 aliphatic heterocycles. The third-order valence-corrected chi connectivity index (χ3v) is 2.36. The van der Waals surface area contributed by atoms with Crippen LogP contribution in [0.2, 0.25) is 0 Å². The quantitative estimate of drug-likeness (QED) is 0.826. The first kappa shape index (κ1) is 9.08. The molecule has 0 saturated heterocycles. The van der Waals surface area contributed by atoms with Crippen LogP contribution in [0.1, 0.15) is 5.01 Å². The van der Waals surface area contributed by atoms with E-state index in [9.17, 15) is 4.39 Å². The topological polar surface area (TPSA) is 37.8 Å². The van der Waals surface area contributed by atoms with Crippen LogP contribution < -0.4 is 5.32 Å². The molecule has 0 spiro atoms. The van der Waals surface area contributed by atoms with Gasteiger partial charge in [0.25, 0.3) is 0 Å². The van der Waals surface area contributed by atoms with Crippen molar-refractivity contribution in [2.24, 2.45) is 0 Å².